The smallest absolute Gasteiger partial charge is 0.326 e. The van der Waals surface area contributed by atoms with Crippen LogP contribution in [0, 0.1) is 10.6 Å². The first-order chi connectivity index (χ1) is 15.9. The number of benzene rings is 1. The first kappa shape index (κ1) is 21.7. The highest BCUT2D eigenvalue weighted by molar-refractivity contribution is 7.71. The summed E-state index contributed by atoms with van der Waals surface area (Å²) in [5.41, 5.74) is 2.14. The summed E-state index contributed by atoms with van der Waals surface area (Å²) in [6, 6.07) is 9.82. The van der Waals surface area contributed by atoms with E-state index in [1.807, 2.05) is 17.0 Å². The minimum Gasteiger partial charge on any atom is -0.365 e. The van der Waals surface area contributed by atoms with E-state index in [4.69, 9.17) is 12.2 Å². The number of nitrogens with one attached hydrogen (secondary N) is 2. The number of hydrogen-bond acceptors (Lipinski definition) is 6. The molecule has 2 saturated heterocycles. The highest BCUT2D eigenvalue weighted by Crippen LogP contribution is 2.34. The van der Waals surface area contributed by atoms with Gasteiger partial charge in [-0.3, -0.25) is 14.3 Å². The van der Waals surface area contributed by atoms with Crippen molar-refractivity contribution in [3.05, 3.63) is 62.7 Å². The van der Waals surface area contributed by atoms with Gasteiger partial charge in [-0.15, -0.1) is 0 Å². The molecule has 2 atom stereocenters. The molecule has 2 unspecified atom stereocenters. The van der Waals surface area contributed by atoms with Crippen molar-refractivity contribution in [2.24, 2.45) is 7.05 Å². The molecule has 2 fully saturated rings. The number of pyridine rings is 1. The number of amides is 1. The zero-order chi connectivity index (χ0) is 23.3. The van der Waals surface area contributed by atoms with Crippen LogP contribution in [-0.4, -0.2) is 57.6 Å². The van der Waals surface area contributed by atoms with E-state index in [0.29, 0.717) is 35.5 Å². The number of aromatic nitrogens is 3. The Bertz CT molecular complexity index is 1360. The van der Waals surface area contributed by atoms with Gasteiger partial charge < -0.3 is 15.2 Å². The van der Waals surface area contributed by atoms with Crippen LogP contribution >= 0.6 is 12.2 Å². The van der Waals surface area contributed by atoms with Gasteiger partial charge in [-0.25, -0.2) is 9.78 Å². The normalized spacial score (nSPS) is 20.4. The van der Waals surface area contributed by atoms with Gasteiger partial charge >= 0.3 is 5.69 Å². The highest BCUT2D eigenvalue weighted by atomic mass is 32.1. The summed E-state index contributed by atoms with van der Waals surface area (Å²) in [5.74, 6) is -1.02. The molecule has 8 nitrogen and oxygen atoms in total. The van der Waals surface area contributed by atoms with E-state index in [2.05, 4.69) is 26.3 Å². The summed E-state index contributed by atoms with van der Waals surface area (Å²) < 4.78 is 16.7. The maximum absolute atomic E-state index is 14.7. The standard InChI is InChI=1S/C23H25FN6O2S/c1-25-21(31)17-7-8-19(20(24)26-17)29-11-14-4-5-15(12-29)30(14)10-13-3-6-16-18(9-13)27-23(32)28(2)22(16)33/h3,6-9,14-15H,4-5,10-12H2,1-2H3,(H,25,31)(H,27,32). The fraction of sp³-hybridized carbons (Fsp3) is 0.391. The SMILES string of the molecule is CNC(=O)c1ccc(N2CC3CCC(C2)N3Cc2ccc3c(=S)n(C)c(=O)[nH]c3c2)c(F)n1. The first-order valence-electron chi connectivity index (χ1n) is 11.0. The molecule has 2 aromatic heterocycles. The molecule has 1 aromatic carbocycles. The van der Waals surface area contributed by atoms with Crippen LogP contribution < -0.4 is 15.9 Å². The lowest BCUT2D eigenvalue weighted by Crippen LogP contribution is -2.53. The number of carbonyl (C=O) groups excluding carboxylic acids is 1. The minimum atomic E-state index is -0.615. The summed E-state index contributed by atoms with van der Waals surface area (Å²) in [7, 11) is 3.16. The van der Waals surface area contributed by atoms with Crippen molar-refractivity contribution in [1.82, 2.24) is 24.8 Å². The van der Waals surface area contributed by atoms with Crippen LogP contribution in [0.2, 0.25) is 0 Å². The molecule has 0 radical (unpaired) electrons. The van der Waals surface area contributed by atoms with E-state index in [1.165, 1.54) is 11.6 Å². The van der Waals surface area contributed by atoms with Gasteiger partial charge in [0.25, 0.3) is 5.91 Å². The topological polar surface area (TPSA) is 86.3 Å². The number of nitrogens with zero attached hydrogens (tertiary/aromatic N) is 4. The molecule has 2 aliphatic rings. The molecular formula is C23H25FN6O2S. The molecule has 0 saturated carbocycles. The Hall–Kier alpha value is -3.11. The molecule has 172 valence electrons. The summed E-state index contributed by atoms with van der Waals surface area (Å²) in [6.45, 7) is 2.15. The van der Waals surface area contributed by atoms with Crippen molar-refractivity contribution in [1.29, 1.82) is 0 Å². The van der Waals surface area contributed by atoms with Gasteiger partial charge in [0.15, 0.2) is 0 Å². The maximum Gasteiger partial charge on any atom is 0.326 e. The molecule has 2 N–H and O–H groups in total. The minimum absolute atomic E-state index is 0.0746. The number of H-pyrrole nitrogens is 1. The van der Waals surface area contributed by atoms with Gasteiger partial charge in [-0.2, -0.15) is 4.39 Å². The lowest BCUT2D eigenvalue weighted by Gasteiger charge is -2.42. The van der Waals surface area contributed by atoms with E-state index in [9.17, 15) is 14.0 Å². The van der Waals surface area contributed by atoms with Crippen molar-refractivity contribution in [2.45, 2.75) is 31.5 Å². The summed E-state index contributed by atoms with van der Waals surface area (Å²) in [6.07, 6.45) is 2.09. The number of carbonyl (C=O) groups is 1. The molecule has 1 amide bonds. The number of anilines is 1. The summed E-state index contributed by atoms with van der Waals surface area (Å²) in [4.78, 5) is 35.1. The van der Waals surface area contributed by atoms with Crippen LogP contribution in [0.25, 0.3) is 10.9 Å². The first-order valence-corrected chi connectivity index (χ1v) is 11.4. The molecule has 33 heavy (non-hydrogen) atoms. The highest BCUT2D eigenvalue weighted by Gasteiger charge is 2.40. The van der Waals surface area contributed by atoms with Crippen LogP contribution in [-0.2, 0) is 13.6 Å². The quantitative estimate of drug-likeness (QED) is 0.452. The monoisotopic (exact) mass is 468 g/mol. The Morgan fingerprint density at radius 2 is 1.97 bits per heavy atom. The molecule has 0 spiro atoms. The molecule has 0 aliphatic carbocycles. The largest absolute Gasteiger partial charge is 0.365 e. The van der Waals surface area contributed by atoms with Crippen molar-refractivity contribution < 1.29 is 9.18 Å². The fourth-order valence-corrected chi connectivity index (χ4v) is 5.29. The van der Waals surface area contributed by atoms with E-state index in [1.54, 1.807) is 19.2 Å². The second kappa shape index (κ2) is 8.35. The number of piperazine rings is 1. The Kier molecular flexibility index (Phi) is 5.49. The van der Waals surface area contributed by atoms with Crippen LogP contribution in [0.5, 0.6) is 0 Å². The van der Waals surface area contributed by atoms with Gasteiger partial charge in [-0.1, -0.05) is 18.3 Å². The molecule has 10 heteroatoms. The lowest BCUT2D eigenvalue weighted by molar-refractivity contribution is 0.0957. The Morgan fingerprint density at radius 1 is 1.24 bits per heavy atom. The summed E-state index contributed by atoms with van der Waals surface area (Å²) >= 11 is 5.40. The lowest BCUT2D eigenvalue weighted by atomic mass is 10.1. The Balaban J connectivity index is 1.35. The van der Waals surface area contributed by atoms with E-state index in [0.717, 1.165) is 35.9 Å². The molecular weight excluding hydrogens is 443 g/mol. The number of hydrogen-bond donors (Lipinski definition) is 2. The van der Waals surface area contributed by atoms with Gasteiger partial charge in [0, 0.05) is 51.2 Å². The fourth-order valence-electron chi connectivity index (χ4n) is 5.02. The van der Waals surface area contributed by atoms with Crippen molar-refractivity contribution in [3.8, 4) is 0 Å². The van der Waals surface area contributed by atoms with Crippen LogP contribution in [0.3, 0.4) is 0 Å². The number of aromatic amines is 1. The molecule has 4 heterocycles. The zero-order valence-electron chi connectivity index (χ0n) is 18.5. The van der Waals surface area contributed by atoms with E-state index < -0.39 is 11.9 Å². The van der Waals surface area contributed by atoms with Crippen LogP contribution in [0.1, 0.15) is 28.9 Å². The van der Waals surface area contributed by atoms with Gasteiger partial charge in [-0.05, 0) is 42.7 Å². The maximum atomic E-state index is 14.7. The predicted molar refractivity (Wildman–Crippen MR) is 127 cm³/mol. The van der Waals surface area contributed by atoms with Crippen LogP contribution in [0.15, 0.2) is 35.1 Å². The summed E-state index contributed by atoms with van der Waals surface area (Å²) in [5, 5.41) is 3.32. The van der Waals surface area contributed by atoms with Crippen molar-refractivity contribution in [3.63, 3.8) is 0 Å². The second-order valence-electron chi connectivity index (χ2n) is 8.72. The van der Waals surface area contributed by atoms with Crippen molar-refractivity contribution >= 4 is 34.7 Å². The van der Waals surface area contributed by atoms with Crippen LogP contribution in [0.4, 0.5) is 10.1 Å². The van der Waals surface area contributed by atoms with Gasteiger partial charge in [0.1, 0.15) is 10.3 Å². The van der Waals surface area contributed by atoms with Gasteiger partial charge in [0.2, 0.25) is 5.95 Å². The number of rotatable bonds is 4. The third-order valence-electron chi connectivity index (χ3n) is 6.79. The third-order valence-corrected chi connectivity index (χ3v) is 7.29. The Labute approximate surface area is 195 Å². The molecule has 2 bridgehead atoms. The van der Waals surface area contributed by atoms with Crippen molar-refractivity contribution in [2.75, 3.05) is 25.0 Å². The molecule has 2 aliphatic heterocycles. The average Bonchev–Trinajstić information content (AvgIpc) is 3.03. The number of halogens is 1. The average molecular weight is 469 g/mol. The Morgan fingerprint density at radius 3 is 2.64 bits per heavy atom. The number of fused-ring (bicyclic) bond motifs is 3. The molecule has 3 aromatic rings. The second-order valence-corrected chi connectivity index (χ2v) is 9.11. The third kappa shape index (κ3) is 3.83. The van der Waals surface area contributed by atoms with Gasteiger partial charge in [0.05, 0.1) is 11.2 Å². The zero-order valence-corrected chi connectivity index (χ0v) is 19.3. The van der Waals surface area contributed by atoms with E-state index in [-0.39, 0.29) is 11.4 Å². The molecule has 5 rings (SSSR count). The predicted octanol–water partition coefficient (Wildman–Crippen LogP) is 2.34. The van der Waals surface area contributed by atoms with E-state index >= 15 is 0 Å².